The van der Waals surface area contributed by atoms with Crippen molar-refractivity contribution in [2.45, 2.75) is 0 Å². The van der Waals surface area contributed by atoms with E-state index in [2.05, 4.69) is 33.2 Å². The van der Waals surface area contributed by atoms with Gasteiger partial charge in [-0.2, -0.15) is 0 Å². The summed E-state index contributed by atoms with van der Waals surface area (Å²) in [5.74, 6) is 0.707. The van der Waals surface area contributed by atoms with Crippen LogP contribution in [0.15, 0.2) is 128 Å². The number of hydrogen-bond acceptors (Lipinski definition) is 6. The topological polar surface area (TPSA) is 99.4 Å². The minimum absolute atomic E-state index is 0. The van der Waals surface area contributed by atoms with Gasteiger partial charge in [-0.05, 0) is 35.3 Å². The average Bonchev–Trinajstić information content (AvgIpc) is 2.99. The maximum atomic E-state index is 9.23. The minimum Gasteiger partial charge on any atom is -0.527 e. The molecular formula is C33H24IrN3O3. The molecular weight excluding hydrogens is 679 g/mol. The summed E-state index contributed by atoms with van der Waals surface area (Å²) in [6.45, 7) is 0. The molecule has 3 aromatic carbocycles. The van der Waals surface area contributed by atoms with E-state index in [0.717, 1.165) is 33.8 Å². The first-order chi connectivity index (χ1) is 19.1. The van der Waals surface area contributed by atoms with Crippen molar-refractivity contribution in [2.24, 2.45) is 0 Å². The second-order valence-electron chi connectivity index (χ2n) is 8.03. The largest absolute Gasteiger partial charge is 3.00 e. The van der Waals surface area contributed by atoms with Gasteiger partial charge in [0.1, 0.15) is 0 Å². The van der Waals surface area contributed by atoms with Crippen molar-refractivity contribution in [3.05, 3.63) is 146 Å². The van der Waals surface area contributed by atoms with E-state index >= 15 is 0 Å². The molecule has 0 bridgehead atoms. The Morgan fingerprint density at radius 3 is 0.950 bits per heavy atom. The van der Waals surface area contributed by atoms with Crippen LogP contribution in [0.1, 0.15) is 0 Å². The van der Waals surface area contributed by atoms with Crippen LogP contribution < -0.4 is 0 Å². The number of aromatic nitrogens is 3. The molecule has 0 aliphatic heterocycles. The van der Waals surface area contributed by atoms with Gasteiger partial charge < -0.3 is 30.3 Å². The number of phenolic OH excluding ortho intramolecular Hbond substituents is 3. The zero-order valence-corrected chi connectivity index (χ0v) is 23.5. The minimum atomic E-state index is 0. The molecule has 0 aliphatic rings. The molecule has 0 saturated carbocycles. The summed E-state index contributed by atoms with van der Waals surface area (Å²) in [6, 6.07) is 40.7. The predicted molar refractivity (Wildman–Crippen MR) is 151 cm³/mol. The standard InChI is InChI=1S/3C11H8NO.Ir/c3*13-10-5-3-4-9(8-10)11-6-1-2-7-12-11;/h3*1-3,5-8,13H;/q3*-1;+3. The molecule has 0 spiro atoms. The van der Waals surface area contributed by atoms with E-state index in [4.69, 9.17) is 0 Å². The summed E-state index contributed by atoms with van der Waals surface area (Å²) in [7, 11) is 0. The quantitative estimate of drug-likeness (QED) is 0.176. The van der Waals surface area contributed by atoms with Gasteiger partial charge in [-0.15, -0.1) is 89.5 Å². The number of benzene rings is 3. The number of pyridine rings is 3. The van der Waals surface area contributed by atoms with Crippen LogP contribution in [-0.4, -0.2) is 30.3 Å². The molecule has 0 atom stereocenters. The second kappa shape index (κ2) is 15.5. The number of nitrogens with zero attached hydrogens (tertiary/aromatic N) is 3. The van der Waals surface area contributed by atoms with E-state index in [1.165, 1.54) is 0 Å². The molecule has 0 saturated heterocycles. The molecule has 0 unspecified atom stereocenters. The first kappa shape index (κ1) is 29.7. The molecule has 6 rings (SSSR count). The Bertz CT molecular complexity index is 1390. The van der Waals surface area contributed by atoms with E-state index in [1.807, 2.05) is 54.6 Å². The Hall–Kier alpha value is -4.84. The zero-order valence-electron chi connectivity index (χ0n) is 21.1. The molecule has 0 radical (unpaired) electrons. The Kier molecular flexibility index (Phi) is 11.5. The van der Waals surface area contributed by atoms with Crippen molar-refractivity contribution >= 4 is 0 Å². The number of phenols is 3. The van der Waals surface area contributed by atoms with Crippen LogP contribution in [0.5, 0.6) is 17.2 Å². The fourth-order valence-corrected chi connectivity index (χ4v) is 3.37. The van der Waals surface area contributed by atoms with E-state index in [0.29, 0.717) is 0 Å². The average molecular weight is 703 g/mol. The van der Waals surface area contributed by atoms with Crippen molar-refractivity contribution in [3.8, 4) is 51.0 Å². The van der Waals surface area contributed by atoms with Crippen LogP contribution >= 0.6 is 0 Å². The van der Waals surface area contributed by atoms with Crippen LogP contribution in [0.4, 0.5) is 0 Å². The number of rotatable bonds is 3. The molecule has 0 aliphatic carbocycles. The summed E-state index contributed by atoms with van der Waals surface area (Å²) in [6.07, 6.45) is 5.15. The van der Waals surface area contributed by atoms with Crippen molar-refractivity contribution in [1.29, 1.82) is 0 Å². The number of aromatic hydroxyl groups is 3. The third kappa shape index (κ3) is 9.17. The molecule has 40 heavy (non-hydrogen) atoms. The third-order valence-corrected chi connectivity index (χ3v) is 5.18. The normalized spacial score (nSPS) is 9.60. The van der Waals surface area contributed by atoms with Crippen molar-refractivity contribution in [2.75, 3.05) is 0 Å². The van der Waals surface area contributed by atoms with Gasteiger partial charge in [0.25, 0.3) is 0 Å². The maximum absolute atomic E-state index is 9.23. The first-order valence-electron chi connectivity index (χ1n) is 11.9. The van der Waals surface area contributed by atoms with Gasteiger partial charge in [0.05, 0.1) is 0 Å². The fraction of sp³-hybridized carbons (Fsp3) is 0. The summed E-state index contributed by atoms with van der Waals surface area (Å²) >= 11 is 0. The van der Waals surface area contributed by atoms with Gasteiger partial charge >= 0.3 is 20.1 Å². The fourth-order valence-electron chi connectivity index (χ4n) is 3.37. The molecule has 0 fully saturated rings. The van der Waals surface area contributed by atoms with Crippen LogP contribution in [-0.2, 0) is 20.1 Å². The van der Waals surface area contributed by atoms with Gasteiger partial charge in [0.15, 0.2) is 0 Å². The smallest absolute Gasteiger partial charge is 0.527 e. The van der Waals surface area contributed by atoms with E-state index in [1.54, 1.807) is 73.2 Å². The Morgan fingerprint density at radius 2 is 0.725 bits per heavy atom. The van der Waals surface area contributed by atoms with Gasteiger partial charge in [0, 0.05) is 35.8 Å². The molecule has 3 N–H and O–H groups in total. The monoisotopic (exact) mass is 703 g/mol. The van der Waals surface area contributed by atoms with Gasteiger partial charge in [-0.1, -0.05) is 36.4 Å². The van der Waals surface area contributed by atoms with Gasteiger partial charge in [0.2, 0.25) is 0 Å². The maximum Gasteiger partial charge on any atom is 3.00 e. The van der Waals surface area contributed by atoms with Crippen molar-refractivity contribution in [3.63, 3.8) is 0 Å². The van der Waals surface area contributed by atoms with Crippen molar-refractivity contribution < 1.29 is 35.4 Å². The van der Waals surface area contributed by atoms with E-state index < -0.39 is 0 Å². The summed E-state index contributed by atoms with van der Waals surface area (Å²) in [4.78, 5) is 12.4. The van der Waals surface area contributed by atoms with Crippen molar-refractivity contribution in [1.82, 2.24) is 15.0 Å². The van der Waals surface area contributed by atoms with E-state index in [-0.39, 0.29) is 37.4 Å². The molecule has 3 heterocycles. The molecule has 6 nitrogen and oxygen atoms in total. The van der Waals surface area contributed by atoms with E-state index in [9.17, 15) is 15.3 Å². The zero-order chi connectivity index (χ0) is 27.3. The van der Waals surface area contributed by atoms with Crippen LogP contribution in [0.2, 0.25) is 0 Å². The molecule has 198 valence electrons. The molecule has 0 amide bonds. The molecule has 6 aromatic rings. The van der Waals surface area contributed by atoms with Gasteiger partial charge in [-0.3, -0.25) is 0 Å². The van der Waals surface area contributed by atoms with Crippen LogP contribution in [0.25, 0.3) is 33.8 Å². The van der Waals surface area contributed by atoms with Crippen LogP contribution in [0, 0.1) is 18.2 Å². The molecule has 7 heteroatoms. The number of hydrogen-bond donors (Lipinski definition) is 3. The third-order valence-electron chi connectivity index (χ3n) is 5.18. The Morgan fingerprint density at radius 1 is 0.425 bits per heavy atom. The Labute approximate surface area is 246 Å². The van der Waals surface area contributed by atoms with Crippen LogP contribution in [0.3, 0.4) is 0 Å². The first-order valence-corrected chi connectivity index (χ1v) is 11.9. The summed E-state index contributed by atoms with van der Waals surface area (Å²) < 4.78 is 0. The summed E-state index contributed by atoms with van der Waals surface area (Å²) in [5.41, 5.74) is 4.87. The summed E-state index contributed by atoms with van der Waals surface area (Å²) in [5, 5.41) is 27.7. The SMILES string of the molecule is Oc1cc[c-]c(-c2ccccn2)c1.Oc1cc[c-]c(-c2ccccn2)c1.Oc1cc[c-]c(-c2ccccn2)c1.[Ir+3]. The Balaban J connectivity index is 0.000000163. The molecule has 3 aromatic heterocycles. The second-order valence-corrected chi connectivity index (χ2v) is 8.03. The van der Waals surface area contributed by atoms with Gasteiger partial charge in [-0.25, -0.2) is 0 Å². The predicted octanol–water partition coefficient (Wildman–Crippen LogP) is 6.76.